The van der Waals surface area contributed by atoms with Crippen LogP contribution in [-0.4, -0.2) is 70.0 Å². The fraction of sp³-hybridized carbons (Fsp3) is 0.728. The lowest BCUT2D eigenvalue weighted by molar-refractivity contribution is -0.870. The van der Waals surface area contributed by atoms with Crippen LogP contribution in [0.25, 0.3) is 0 Å². The number of esters is 2. The Morgan fingerprint density at radius 3 is 0.934 bits per heavy atom. The molecule has 0 spiro atoms. The second-order valence-corrected chi connectivity index (χ2v) is 27.7. The van der Waals surface area contributed by atoms with E-state index in [1.54, 1.807) is 0 Å². The summed E-state index contributed by atoms with van der Waals surface area (Å²) in [5.41, 5.74) is 0. The molecule has 0 aromatic carbocycles. The molecular formula is C81H142NO8P. The van der Waals surface area contributed by atoms with Crippen molar-refractivity contribution in [3.8, 4) is 0 Å². The van der Waals surface area contributed by atoms with Crippen LogP contribution in [0.3, 0.4) is 0 Å². The number of carbonyl (C=O) groups excluding carboxylic acids is 2. The van der Waals surface area contributed by atoms with Crippen molar-refractivity contribution in [1.82, 2.24) is 0 Å². The average molecular weight is 1290 g/mol. The maximum absolute atomic E-state index is 12.9. The number of carbonyl (C=O) groups is 2. The molecule has 0 aromatic rings. The minimum Gasteiger partial charge on any atom is -0.756 e. The standard InChI is InChI=1S/C81H142NO8P/c1-6-8-10-12-14-16-18-20-22-24-26-28-30-32-34-36-38-39-40-41-42-43-44-46-48-50-52-54-56-58-60-62-64-66-68-70-72-74-81(84)90-79(78-89-91(85,86)88-76-75-82(3,4)5)77-87-80(83)73-71-69-67-65-63-61-59-57-55-53-51-49-47-45-37-35-33-31-29-27-25-23-21-19-17-15-13-11-9-7-2/h8,10,14,16,20,22,26,28,32,34,38-39,41-42,44,46,50,52,56,58,79H,6-7,9,11-13,15,17-19,21,23-25,27,29-31,33,35-37,40,43,45,47-49,51,53-55,57,59-78H2,1-5H3/b10-8-,16-14-,22-20-,28-26-,34-32-,39-38-,42-41-,46-44-,52-50-,58-56-. The van der Waals surface area contributed by atoms with Crippen molar-refractivity contribution in [3.05, 3.63) is 122 Å². The highest BCUT2D eigenvalue weighted by atomic mass is 31.2. The fourth-order valence-electron chi connectivity index (χ4n) is 10.5. The predicted molar refractivity (Wildman–Crippen MR) is 392 cm³/mol. The molecule has 0 bridgehead atoms. The number of phosphoric ester groups is 1. The van der Waals surface area contributed by atoms with Gasteiger partial charge in [0, 0.05) is 12.8 Å². The molecule has 0 heterocycles. The van der Waals surface area contributed by atoms with Gasteiger partial charge in [0.05, 0.1) is 27.7 Å². The number of likely N-dealkylation sites (N-methyl/N-ethyl adjacent to an activating group) is 1. The highest BCUT2D eigenvalue weighted by molar-refractivity contribution is 7.45. The van der Waals surface area contributed by atoms with Gasteiger partial charge in [0.1, 0.15) is 19.8 Å². The van der Waals surface area contributed by atoms with Gasteiger partial charge in [-0.2, -0.15) is 0 Å². The van der Waals surface area contributed by atoms with Gasteiger partial charge in [-0.1, -0.05) is 347 Å². The van der Waals surface area contributed by atoms with Crippen molar-refractivity contribution in [2.24, 2.45) is 0 Å². The number of allylic oxidation sites excluding steroid dienone is 20. The van der Waals surface area contributed by atoms with Crippen molar-refractivity contribution in [2.75, 3.05) is 47.5 Å². The summed E-state index contributed by atoms with van der Waals surface area (Å²) in [6.07, 6.45) is 102. The minimum absolute atomic E-state index is 0.0382. The lowest BCUT2D eigenvalue weighted by Gasteiger charge is -2.28. The van der Waals surface area contributed by atoms with Crippen LogP contribution in [0.4, 0.5) is 0 Å². The summed E-state index contributed by atoms with van der Waals surface area (Å²) in [6, 6.07) is 0. The quantitative estimate of drug-likeness (QED) is 0.0195. The Labute approximate surface area is 562 Å². The van der Waals surface area contributed by atoms with Gasteiger partial charge in [0.2, 0.25) is 0 Å². The zero-order chi connectivity index (χ0) is 66.2. The lowest BCUT2D eigenvalue weighted by Crippen LogP contribution is -2.37. The predicted octanol–water partition coefficient (Wildman–Crippen LogP) is 24.4. The average Bonchev–Trinajstić information content (AvgIpc) is 3.69. The van der Waals surface area contributed by atoms with E-state index in [0.717, 1.165) is 122 Å². The molecule has 0 saturated carbocycles. The Kier molecular flexibility index (Phi) is 67.9. The molecule has 524 valence electrons. The van der Waals surface area contributed by atoms with Gasteiger partial charge in [0.25, 0.3) is 7.82 Å². The second kappa shape index (κ2) is 70.7. The van der Waals surface area contributed by atoms with Gasteiger partial charge in [-0.15, -0.1) is 0 Å². The summed E-state index contributed by atoms with van der Waals surface area (Å²) in [7, 11) is 1.15. The van der Waals surface area contributed by atoms with Gasteiger partial charge >= 0.3 is 11.9 Å². The van der Waals surface area contributed by atoms with Crippen molar-refractivity contribution >= 4 is 19.8 Å². The van der Waals surface area contributed by atoms with Gasteiger partial charge < -0.3 is 27.9 Å². The third-order valence-electron chi connectivity index (χ3n) is 16.2. The maximum atomic E-state index is 12.9. The molecule has 0 aliphatic carbocycles. The van der Waals surface area contributed by atoms with E-state index in [1.807, 2.05) is 21.1 Å². The largest absolute Gasteiger partial charge is 0.756 e. The summed E-state index contributed by atoms with van der Waals surface area (Å²) in [4.78, 5) is 38.1. The number of hydrogen-bond donors (Lipinski definition) is 0. The van der Waals surface area contributed by atoms with Crippen molar-refractivity contribution in [1.29, 1.82) is 0 Å². The molecule has 0 saturated heterocycles. The van der Waals surface area contributed by atoms with Crippen LogP contribution >= 0.6 is 7.82 Å². The summed E-state index contributed by atoms with van der Waals surface area (Å²) in [5, 5.41) is 0. The molecule has 0 amide bonds. The Balaban J connectivity index is 4.08. The first kappa shape index (κ1) is 87.4. The molecule has 0 fully saturated rings. The summed E-state index contributed by atoms with van der Waals surface area (Å²) in [5.74, 6) is -0.844. The first-order valence-corrected chi connectivity index (χ1v) is 39.2. The van der Waals surface area contributed by atoms with Crippen LogP contribution in [0.1, 0.15) is 328 Å². The van der Waals surface area contributed by atoms with E-state index < -0.39 is 26.5 Å². The van der Waals surface area contributed by atoms with Gasteiger partial charge in [-0.3, -0.25) is 14.2 Å². The molecule has 0 N–H and O–H groups in total. The number of rotatable bonds is 69. The Hall–Kier alpha value is -3.59. The van der Waals surface area contributed by atoms with Gasteiger partial charge in [-0.25, -0.2) is 0 Å². The molecule has 0 radical (unpaired) electrons. The number of nitrogens with zero attached hydrogens (tertiary/aromatic N) is 1. The first-order valence-electron chi connectivity index (χ1n) is 37.7. The molecule has 10 heteroatoms. The second-order valence-electron chi connectivity index (χ2n) is 26.3. The van der Waals surface area contributed by atoms with E-state index in [0.29, 0.717) is 17.4 Å². The number of quaternary nitrogens is 1. The van der Waals surface area contributed by atoms with Crippen LogP contribution in [0.2, 0.25) is 0 Å². The van der Waals surface area contributed by atoms with Crippen LogP contribution in [0, 0.1) is 0 Å². The van der Waals surface area contributed by atoms with Gasteiger partial charge in [-0.05, 0) is 89.9 Å². The Morgan fingerprint density at radius 1 is 0.352 bits per heavy atom. The van der Waals surface area contributed by atoms with E-state index in [9.17, 15) is 19.0 Å². The minimum atomic E-state index is -4.66. The molecule has 0 aromatic heterocycles. The highest BCUT2D eigenvalue weighted by Gasteiger charge is 2.22. The van der Waals surface area contributed by atoms with E-state index in [2.05, 4.69) is 135 Å². The third kappa shape index (κ3) is 75.3. The Morgan fingerprint density at radius 2 is 0.626 bits per heavy atom. The van der Waals surface area contributed by atoms with E-state index >= 15 is 0 Å². The Bertz CT molecular complexity index is 1950. The molecule has 0 aliphatic heterocycles. The molecule has 9 nitrogen and oxygen atoms in total. The van der Waals surface area contributed by atoms with Gasteiger partial charge in [0.15, 0.2) is 6.10 Å². The van der Waals surface area contributed by atoms with Crippen LogP contribution < -0.4 is 4.89 Å². The fourth-order valence-corrected chi connectivity index (χ4v) is 11.2. The molecule has 91 heavy (non-hydrogen) atoms. The number of hydrogen-bond acceptors (Lipinski definition) is 8. The van der Waals surface area contributed by atoms with Crippen LogP contribution in [0.5, 0.6) is 0 Å². The third-order valence-corrected chi connectivity index (χ3v) is 17.2. The maximum Gasteiger partial charge on any atom is 0.306 e. The molecule has 2 unspecified atom stereocenters. The van der Waals surface area contributed by atoms with Crippen LogP contribution in [0.15, 0.2) is 122 Å². The zero-order valence-corrected chi connectivity index (χ0v) is 60.7. The molecule has 0 aliphatic rings. The summed E-state index contributed by atoms with van der Waals surface area (Å²) >= 11 is 0. The van der Waals surface area contributed by atoms with E-state index in [1.165, 1.54) is 173 Å². The lowest BCUT2D eigenvalue weighted by atomic mass is 10.0. The van der Waals surface area contributed by atoms with Crippen LogP contribution in [-0.2, 0) is 32.7 Å². The summed E-state index contributed by atoms with van der Waals surface area (Å²) < 4.78 is 34.3. The smallest absolute Gasteiger partial charge is 0.306 e. The van der Waals surface area contributed by atoms with E-state index in [-0.39, 0.29) is 32.0 Å². The molecule has 2 atom stereocenters. The number of phosphoric acid groups is 1. The first-order chi connectivity index (χ1) is 44.5. The summed E-state index contributed by atoms with van der Waals surface area (Å²) in [6.45, 7) is 4.14. The molecule has 0 rings (SSSR count). The van der Waals surface area contributed by atoms with Crippen molar-refractivity contribution < 1.29 is 42.1 Å². The van der Waals surface area contributed by atoms with E-state index in [4.69, 9.17) is 18.5 Å². The van der Waals surface area contributed by atoms with Crippen molar-refractivity contribution in [2.45, 2.75) is 335 Å². The topological polar surface area (TPSA) is 111 Å². The normalized spacial score (nSPS) is 13.8. The number of ether oxygens (including phenoxy) is 2. The zero-order valence-electron chi connectivity index (χ0n) is 59.8. The number of unbranched alkanes of at least 4 members (excludes halogenated alkanes) is 35. The highest BCUT2D eigenvalue weighted by Crippen LogP contribution is 2.38. The van der Waals surface area contributed by atoms with Crippen molar-refractivity contribution in [3.63, 3.8) is 0 Å². The monoisotopic (exact) mass is 1290 g/mol. The molecular weight excluding hydrogens is 1150 g/mol. The SMILES string of the molecule is CC/C=C\C/C=C\C/C=C\C/C=C\C/C=C\C/C=C\C/C=C\C/C=C\C/C=C\C/C=C\CCCCCCCCC(=O)OC(COC(=O)CCCCCCCCCCCCCCCCCCCCCCCCCCCCCCCC)COP(=O)([O-])OCC[N+](C)(C)C.